The number of carbonyl (C=O) groups is 1. The van der Waals surface area contributed by atoms with E-state index < -0.39 is 6.04 Å². The Morgan fingerprint density at radius 2 is 1.87 bits per heavy atom. The van der Waals surface area contributed by atoms with Gasteiger partial charge in [0, 0.05) is 20.2 Å². The second kappa shape index (κ2) is 11.6. The van der Waals surface area contributed by atoms with Crippen LogP contribution >= 0.6 is 24.8 Å². The maximum Gasteiger partial charge on any atom is 0.239 e. The molecule has 0 aromatic heterocycles. The van der Waals surface area contributed by atoms with Crippen LogP contribution in [0, 0.1) is 0 Å². The fourth-order valence-electron chi connectivity index (χ4n) is 2.63. The van der Waals surface area contributed by atoms with E-state index in [0.717, 1.165) is 12.1 Å². The van der Waals surface area contributed by atoms with Crippen molar-refractivity contribution in [3.63, 3.8) is 0 Å². The zero-order valence-electron chi connectivity index (χ0n) is 13.5. The summed E-state index contributed by atoms with van der Waals surface area (Å²) in [5, 5.41) is 2.89. The molecule has 1 unspecified atom stereocenters. The SMILES string of the molecule is COCC(N)C(=O)NCc1ccccc1CN1CCCC1.Cl.Cl. The Bertz CT molecular complexity index is 468. The van der Waals surface area contributed by atoms with E-state index in [1.54, 1.807) is 7.11 Å². The topological polar surface area (TPSA) is 67.6 Å². The van der Waals surface area contributed by atoms with Crippen LogP contribution in [0.5, 0.6) is 0 Å². The lowest BCUT2D eigenvalue weighted by Crippen LogP contribution is -2.43. The number of hydrogen-bond donors (Lipinski definition) is 2. The molecule has 1 aromatic rings. The summed E-state index contributed by atoms with van der Waals surface area (Å²) < 4.78 is 4.90. The second-order valence-electron chi connectivity index (χ2n) is 5.53. The van der Waals surface area contributed by atoms with Crippen molar-refractivity contribution < 1.29 is 9.53 Å². The average molecular weight is 364 g/mol. The molecule has 1 aliphatic heterocycles. The molecule has 5 nitrogen and oxygen atoms in total. The summed E-state index contributed by atoms with van der Waals surface area (Å²) in [4.78, 5) is 14.3. The quantitative estimate of drug-likeness (QED) is 0.773. The number of nitrogens with one attached hydrogen (secondary N) is 1. The molecular weight excluding hydrogens is 337 g/mol. The molecule has 0 spiro atoms. The molecule has 0 saturated carbocycles. The molecule has 1 saturated heterocycles. The molecule has 0 radical (unpaired) electrons. The van der Waals surface area contributed by atoms with Gasteiger partial charge in [-0.15, -0.1) is 24.8 Å². The van der Waals surface area contributed by atoms with E-state index >= 15 is 0 Å². The number of ether oxygens (including phenoxy) is 1. The monoisotopic (exact) mass is 363 g/mol. The Morgan fingerprint density at radius 3 is 2.48 bits per heavy atom. The summed E-state index contributed by atoms with van der Waals surface area (Å²) in [6.07, 6.45) is 2.57. The van der Waals surface area contributed by atoms with Gasteiger partial charge in [0.05, 0.1) is 6.61 Å². The molecule has 1 heterocycles. The van der Waals surface area contributed by atoms with Crippen LogP contribution in [0.15, 0.2) is 24.3 Å². The van der Waals surface area contributed by atoms with Crippen LogP contribution in [-0.2, 0) is 22.6 Å². The Morgan fingerprint density at radius 1 is 1.26 bits per heavy atom. The Kier molecular flexibility index (Phi) is 11.2. The summed E-state index contributed by atoms with van der Waals surface area (Å²) in [6.45, 7) is 4.04. The molecule has 132 valence electrons. The molecule has 1 fully saturated rings. The van der Waals surface area contributed by atoms with Crippen molar-refractivity contribution in [2.45, 2.75) is 32.0 Å². The molecule has 3 N–H and O–H groups in total. The van der Waals surface area contributed by atoms with Crippen molar-refractivity contribution >= 4 is 30.7 Å². The Labute approximate surface area is 150 Å². The van der Waals surface area contributed by atoms with Gasteiger partial charge in [-0.25, -0.2) is 0 Å². The van der Waals surface area contributed by atoms with Crippen LogP contribution in [0.2, 0.25) is 0 Å². The van der Waals surface area contributed by atoms with Crippen LogP contribution < -0.4 is 11.1 Å². The first-order valence-corrected chi connectivity index (χ1v) is 7.52. The highest BCUT2D eigenvalue weighted by atomic mass is 35.5. The van der Waals surface area contributed by atoms with E-state index in [2.05, 4.69) is 22.3 Å². The molecule has 0 bridgehead atoms. The predicted molar refractivity (Wildman–Crippen MR) is 97.1 cm³/mol. The van der Waals surface area contributed by atoms with E-state index in [1.807, 2.05) is 12.1 Å². The third-order valence-electron chi connectivity index (χ3n) is 3.85. The number of hydrogen-bond acceptors (Lipinski definition) is 4. The van der Waals surface area contributed by atoms with E-state index in [4.69, 9.17) is 10.5 Å². The van der Waals surface area contributed by atoms with Crippen molar-refractivity contribution in [3.05, 3.63) is 35.4 Å². The number of amides is 1. The van der Waals surface area contributed by atoms with E-state index in [1.165, 1.54) is 31.5 Å². The highest BCUT2D eigenvalue weighted by molar-refractivity contribution is 5.85. The van der Waals surface area contributed by atoms with Gasteiger partial charge in [-0.3, -0.25) is 9.69 Å². The number of nitrogens with zero attached hydrogens (tertiary/aromatic N) is 1. The van der Waals surface area contributed by atoms with Gasteiger partial charge >= 0.3 is 0 Å². The van der Waals surface area contributed by atoms with Gasteiger partial charge in [0.15, 0.2) is 0 Å². The van der Waals surface area contributed by atoms with Crippen LogP contribution in [-0.4, -0.2) is 43.7 Å². The fraction of sp³-hybridized carbons (Fsp3) is 0.562. The van der Waals surface area contributed by atoms with Gasteiger partial charge in [-0.2, -0.15) is 0 Å². The number of benzene rings is 1. The van der Waals surface area contributed by atoms with Gasteiger partial charge in [0.1, 0.15) is 6.04 Å². The number of rotatable bonds is 7. The summed E-state index contributed by atoms with van der Waals surface area (Å²) in [5.74, 6) is -0.173. The summed E-state index contributed by atoms with van der Waals surface area (Å²) >= 11 is 0. The standard InChI is InChI=1S/C16H25N3O2.2ClH/c1-21-12-15(17)16(20)18-10-13-6-2-3-7-14(13)11-19-8-4-5-9-19;;/h2-3,6-7,15H,4-5,8-12,17H2,1H3,(H,18,20);2*1H. The second-order valence-corrected chi connectivity index (χ2v) is 5.53. The van der Waals surface area contributed by atoms with Gasteiger partial charge < -0.3 is 15.8 Å². The largest absolute Gasteiger partial charge is 0.383 e. The van der Waals surface area contributed by atoms with Gasteiger partial charge in [0.2, 0.25) is 5.91 Å². The zero-order chi connectivity index (χ0) is 15.1. The third-order valence-corrected chi connectivity index (χ3v) is 3.85. The van der Waals surface area contributed by atoms with Gasteiger partial charge in [-0.1, -0.05) is 24.3 Å². The Hall–Kier alpha value is -0.850. The van der Waals surface area contributed by atoms with Gasteiger partial charge in [-0.05, 0) is 37.1 Å². The molecular formula is C16H27Cl2N3O2. The van der Waals surface area contributed by atoms with Crippen molar-refractivity contribution in [2.75, 3.05) is 26.8 Å². The molecule has 1 amide bonds. The number of nitrogens with two attached hydrogens (primary N) is 1. The number of likely N-dealkylation sites (tertiary alicyclic amines) is 1. The molecule has 1 atom stereocenters. The minimum absolute atomic E-state index is 0. The summed E-state index contributed by atoms with van der Waals surface area (Å²) in [7, 11) is 1.54. The highest BCUT2D eigenvalue weighted by Gasteiger charge is 2.15. The first-order valence-electron chi connectivity index (χ1n) is 7.52. The molecule has 2 rings (SSSR count). The van der Waals surface area contributed by atoms with Crippen LogP contribution in [0.3, 0.4) is 0 Å². The minimum Gasteiger partial charge on any atom is -0.383 e. The fourth-order valence-corrected chi connectivity index (χ4v) is 2.63. The minimum atomic E-state index is -0.610. The van der Waals surface area contributed by atoms with Crippen molar-refractivity contribution in [2.24, 2.45) is 5.73 Å². The Balaban J connectivity index is 0.00000242. The highest BCUT2D eigenvalue weighted by Crippen LogP contribution is 2.16. The number of halogens is 2. The normalized spacial score (nSPS) is 15.4. The third kappa shape index (κ3) is 7.06. The lowest BCUT2D eigenvalue weighted by Gasteiger charge is -2.18. The average Bonchev–Trinajstić information content (AvgIpc) is 2.99. The molecule has 1 aromatic carbocycles. The summed E-state index contributed by atoms with van der Waals surface area (Å²) in [5.41, 5.74) is 8.15. The van der Waals surface area contributed by atoms with Crippen LogP contribution in [0.4, 0.5) is 0 Å². The van der Waals surface area contributed by atoms with E-state index in [0.29, 0.717) is 6.54 Å². The van der Waals surface area contributed by atoms with Crippen molar-refractivity contribution in [1.29, 1.82) is 0 Å². The maximum absolute atomic E-state index is 11.8. The summed E-state index contributed by atoms with van der Waals surface area (Å²) in [6, 6.07) is 7.64. The van der Waals surface area contributed by atoms with E-state index in [-0.39, 0.29) is 37.3 Å². The first-order chi connectivity index (χ1) is 10.2. The maximum atomic E-state index is 11.8. The molecule has 23 heavy (non-hydrogen) atoms. The van der Waals surface area contributed by atoms with Crippen molar-refractivity contribution in [3.8, 4) is 0 Å². The van der Waals surface area contributed by atoms with Gasteiger partial charge in [0.25, 0.3) is 0 Å². The number of methoxy groups -OCH3 is 1. The molecule has 1 aliphatic rings. The zero-order valence-corrected chi connectivity index (χ0v) is 15.1. The number of carbonyl (C=O) groups excluding carboxylic acids is 1. The van der Waals surface area contributed by atoms with Crippen molar-refractivity contribution in [1.82, 2.24) is 10.2 Å². The van der Waals surface area contributed by atoms with Crippen LogP contribution in [0.1, 0.15) is 24.0 Å². The van der Waals surface area contributed by atoms with Crippen LogP contribution in [0.25, 0.3) is 0 Å². The smallest absolute Gasteiger partial charge is 0.239 e. The molecule has 0 aliphatic carbocycles. The molecule has 7 heteroatoms. The van der Waals surface area contributed by atoms with E-state index in [9.17, 15) is 4.79 Å². The first kappa shape index (κ1) is 22.1. The lowest BCUT2D eigenvalue weighted by molar-refractivity contribution is -0.123. The predicted octanol–water partition coefficient (Wildman–Crippen LogP) is 1.72. The lowest BCUT2D eigenvalue weighted by atomic mass is 10.1.